The molecule has 1 fully saturated rings. The lowest BCUT2D eigenvalue weighted by Crippen LogP contribution is -2.50. The molecule has 4 aromatic rings. The van der Waals surface area contributed by atoms with Gasteiger partial charge in [-0.05, 0) is 82.6 Å². The van der Waals surface area contributed by atoms with Gasteiger partial charge in [-0.1, -0.05) is 76.2 Å². The molecule has 1 spiro atoms. The van der Waals surface area contributed by atoms with Crippen LogP contribution in [0.2, 0.25) is 0 Å². The summed E-state index contributed by atoms with van der Waals surface area (Å²) in [6.45, 7) is 7.15. The zero-order chi connectivity index (χ0) is 40.6. The van der Waals surface area contributed by atoms with Gasteiger partial charge < -0.3 is 0 Å². The van der Waals surface area contributed by atoms with Gasteiger partial charge >= 0.3 is 24.7 Å². The van der Waals surface area contributed by atoms with Crippen LogP contribution in [0.1, 0.15) is 72.2 Å². The normalized spacial score (nSPS) is 22.8. The monoisotopic (exact) mass is 806 g/mol. The summed E-state index contributed by atoms with van der Waals surface area (Å²) >= 11 is 0. The van der Waals surface area contributed by atoms with E-state index in [0.29, 0.717) is 0 Å². The van der Waals surface area contributed by atoms with E-state index in [9.17, 15) is 52.7 Å². The van der Waals surface area contributed by atoms with E-state index in [0.717, 1.165) is 48.5 Å². The number of hydrogen-bond donors (Lipinski definition) is 3. The second-order valence-electron chi connectivity index (χ2n) is 14.4. The molecule has 17 heteroatoms. The number of benzene rings is 4. The number of nitrogens with zero attached hydrogens (tertiary/aromatic N) is 1. The van der Waals surface area contributed by atoms with Gasteiger partial charge in [-0.3, -0.25) is 10.2 Å². The summed E-state index contributed by atoms with van der Waals surface area (Å²) in [7, 11) is -3.51. The Morgan fingerprint density at radius 3 is 1.00 bits per heavy atom. The Labute approximate surface area is 308 Å². The lowest BCUT2D eigenvalue weighted by molar-refractivity contribution is -0.138. The van der Waals surface area contributed by atoms with E-state index in [1.165, 1.54) is 48.5 Å². The quantitative estimate of drug-likeness (QED) is 0.134. The number of rotatable bonds is 6. The van der Waals surface area contributed by atoms with Crippen molar-refractivity contribution >= 4 is 7.51 Å². The molecule has 4 aromatic carbocycles. The highest BCUT2D eigenvalue weighted by Gasteiger charge is 2.61. The molecule has 0 amide bonds. The molecular formula is C38H35F12N4P. The third-order valence-corrected chi connectivity index (χ3v) is 12.8. The van der Waals surface area contributed by atoms with E-state index in [1.54, 1.807) is 27.7 Å². The molecule has 1 unspecified atom stereocenters. The third-order valence-electron chi connectivity index (χ3n) is 10.2. The summed E-state index contributed by atoms with van der Waals surface area (Å²) in [6.07, 6.45) is -18.8. The van der Waals surface area contributed by atoms with Crippen LogP contribution in [0.5, 0.6) is 0 Å². The number of nitrogens with one attached hydrogen (secondary N) is 3. The second kappa shape index (κ2) is 13.7. The average Bonchev–Trinajstić information content (AvgIpc) is 3.63. The summed E-state index contributed by atoms with van der Waals surface area (Å²) in [5.74, 6) is -0.793. The molecule has 55 heavy (non-hydrogen) atoms. The topological polar surface area (TPSA) is 48.5 Å². The van der Waals surface area contributed by atoms with Crippen molar-refractivity contribution in [2.24, 2.45) is 16.6 Å². The fourth-order valence-corrected chi connectivity index (χ4v) is 11.5. The lowest BCUT2D eigenvalue weighted by Gasteiger charge is -2.38. The van der Waals surface area contributed by atoms with Gasteiger partial charge in [0.1, 0.15) is 5.54 Å². The maximum atomic E-state index is 13.7. The summed E-state index contributed by atoms with van der Waals surface area (Å²) in [5, 5.41) is 10.5. The van der Waals surface area contributed by atoms with Crippen LogP contribution in [0.15, 0.2) is 102 Å². The Bertz CT molecular complexity index is 1930. The van der Waals surface area contributed by atoms with Crippen molar-refractivity contribution in [3.8, 4) is 0 Å². The maximum absolute atomic E-state index is 13.7. The molecular weight excluding hydrogens is 771 g/mol. The van der Waals surface area contributed by atoms with Crippen molar-refractivity contribution in [1.29, 1.82) is 0 Å². The SMILES string of the molecule is CC(C)[C@@H]1NP2(=NC1(c1ccc(C(F)(F)F)cc1)c1ccc(C(F)(F)F)cc1)N[C@@H](C(C)C)C(c1ccc(C(F)(F)F)cc1)(c1ccc(C(F)(F)F)cc1)N2. The van der Waals surface area contributed by atoms with E-state index in [2.05, 4.69) is 15.3 Å². The molecule has 4 nitrogen and oxygen atoms in total. The fraction of sp³-hybridized carbons (Fsp3) is 0.368. The van der Waals surface area contributed by atoms with Gasteiger partial charge in [-0.2, -0.15) is 52.7 Å². The number of alkyl halides is 12. The fourth-order valence-electron chi connectivity index (χ4n) is 7.65. The first-order chi connectivity index (χ1) is 25.3. The minimum atomic E-state index is -4.71. The highest BCUT2D eigenvalue weighted by Crippen LogP contribution is 2.63. The molecule has 296 valence electrons. The van der Waals surface area contributed by atoms with Gasteiger partial charge in [-0.25, -0.2) is 9.83 Å². The molecule has 2 heterocycles. The van der Waals surface area contributed by atoms with Crippen molar-refractivity contribution in [2.75, 3.05) is 0 Å². The summed E-state index contributed by atoms with van der Waals surface area (Å²) < 4.78 is 170. The average molecular weight is 807 g/mol. The summed E-state index contributed by atoms with van der Waals surface area (Å²) in [4.78, 5) is 0. The summed E-state index contributed by atoms with van der Waals surface area (Å²) in [5.41, 5.74) is -6.23. The minimum Gasteiger partial charge on any atom is -0.254 e. The molecule has 0 bridgehead atoms. The Balaban J connectivity index is 1.65. The van der Waals surface area contributed by atoms with Crippen LogP contribution in [-0.4, -0.2) is 12.1 Å². The molecule has 6 rings (SSSR count). The van der Waals surface area contributed by atoms with Crippen LogP contribution < -0.4 is 15.3 Å². The third kappa shape index (κ3) is 7.31. The molecule has 2 aliphatic rings. The molecule has 2 aliphatic heterocycles. The van der Waals surface area contributed by atoms with Gasteiger partial charge in [-0.15, -0.1) is 0 Å². The zero-order valence-corrected chi connectivity index (χ0v) is 30.4. The van der Waals surface area contributed by atoms with Crippen molar-refractivity contribution in [3.05, 3.63) is 142 Å². The maximum Gasteiger partial charge on any atom is 0.416 e. The van der Waals surface area contributed by atoms with Crippen LogP contribution >= 0.6 is 7.51 Å². The van der Waals surface area contributed by atoms with Crippen LogP contribution in [-0.2, 0) is 35.8 Å². The van der Waals surface area contributed by atoms with Crippen LogP contribution in [0, 0.1) is 11.8 Å². The number of halogens is 12. The largest absolute Gasteiger partial charge is 0.416 e. The second-order valence-corrected chi connectivity index (χ2v) is 16.6. The van der Waals surface area contributed by atoms with E-state index < -0.39 is 89.5 Å². The Morgan fingerprint density at radius 1 is 0.455 bits per heavy atom. The molecule has 0 aliphatic carbocycles. The smallest absolute Gasteiger partial charge is 0.254 e. The molecule has 3 atom stereocenters. The first-order valence-corrected chi connectivity index (χ1v) is 18.8. The zero-order valence-electron chi connectivity index (χ0n) is 29.5. The van der Waals surface area contributed by atoms with Crippen LogP contribution in [0.3, 0.4) is 0 Å². The van der Waals surface area contributed by atoms with E-state index in [4.69, 9.17) is 4.74 Å². The van der Waals surface area contributed by atoms with Crippen LogP contribution in [0.25, 0.3) is 0 Å². The molecule has 0 radical (unpaired) electrons. The Kier molecular flexibility index (Phi) is 10.1. The standard InChI is InChI=1S/C38H35F12N4P/c1-21(2)31-33(23-5-13-27(14-6-23)35(39,40)41,24-7-15-28(16-8-24)36(42,43)44)53-55(51-31)52-32(22(3)4)34(54-55,25-9-17-29(18-10-25)37(45,46)47)26-11-19-30(20-12-26)38(48,49)50/h5-22,31-32,51-53H,1-4H3/t31-,32-,55?/m0/s1. The van der Waals surface area contributed by atoms with Gasteiger partial charge in [0.05, 0.1) is 27.8 Å². The first kappa shape index (κ1) is 40.8. The van der Waals surface area contributed by atoms with Gasteiger partial charge in [0, 0.05) is 12.1 Å². The first-order valence-electron chi connectivity index (χ1n) is 17.0. The molecule has 0 saturated carbocycles. The van der Waals surface area contributed by atoms with E-state index in [1.807, 2.05) is 0 Å². The summed E-state index contributed by atoms with van der Waals surface area (Å²) in [6, 6.07) is 14.9. The minimum absolute atomic E-state index is 0.203. The van der Waals surface area contributed by atoms with E-state index >= 15 is 0 Å². The Morgan fingerprint density at radius 2 is 0.727 bits per heavy atom. The molecule has 1 saturated heterocycles. The van der Waals surface area contributed by atoms with E-state index in [-0.39, 0.29) is 22.3 Å². The highest BCUT2D eigenvalue weighted by atomic mass is 31.2. The lowest BCUT2D eigenvalue weighted by atomic mass is 9.74. The number of hydrogen-bond acceptors (Lipinski definition) is 4. The van der Waals surface area contributed by atoms with Gasteiger partial charge in [0.2, 0.25) is 0 Å². The van der Waals surface area contributed by atoms with Gasteiger partial charge in [0.25, 0.3) is 0 Å². The van der Waals surface area contributed by atoms with Crippen molar-refractivity contribution < 1.29 is 52.7 Å². The molecule has 3 N–H and O–H groups in total. The predicted octanol–water partition coefficient (Wildman–Crippen LogP) is 11.7. The van der Waals surface area contributed by atoms with Crippen molar-refractivity contribution in [1.82, 2.24) is 15.3 Å². The Hall–Kier alpha value is -3.85. The van der Waals surface area contributed by atoms with Crippen molar-refractivity contribution in [3.63, 3.8) is 0 Å². The predicted molar refractivity (Wildman–Crippen MR) is 183 cm³/mol. The van der Waals surface area contributed by atoms with Crippen LogP contribution in [0.4, 0.5) is 52.7 Å². The van der Waals surface area contributed by atoms with Gasteiger partial charge in [0.15, 0.2) is 7.51 Å². The highest BCUT2D eigenvalue weighted by molar-refractivity contribution is 7.61. The molecule has 0 aromatic heterocycles. The van der Waals surface area contributed by atoms with Crippen molar-refractivity contribution in [2.45, 2.75) is 75.6 Å².